The molecule has 4 rings (SSSR count). The summed E-state index contributed by atoms with van der Waals surface area (Å²) in [6.45, 7) is 3.19. The first-order valence-corrected chi connectivity index (χ1v) is 10.6. The average Bonchev–Trinajstić information content (AvgIpc) is 3.17. The number of ether oxygens (including phenoxy) is 3. The van der Waals surface area contributed by atoms with Crippen molar-refractivity contribution >= 4 is 10.0 Å². The molecular formula is C19H22FN2O5S+. The first kappa shape index (κ1) is 19.1. The third-order valence-electron chi connectivity index (χ3n) is 5.03. The second-order valence-corrected chi connectivity index (χ2v) is 8.51. The van der Waals surface area contributed by atoms with Crippen LogP contribution in [0.1, 0.15) is 11.6 Å². The Bertz CT molecular complexity index is 930. The van der Waals surface area contributed by atoms with Gasteiger partial charge in [-0.1, -0.05) is 0 Å². The topological polar surface area (TPSA) is 78.3 Å². The van der Waals surface area contributed by atoms with Crippen molar-refractivity contribution in [2.24, 2.45) is 0 Å². The molecule has 1 fully saturated rings. The number of fused-ring (bicyclic) bond motifs is 1. The van der Waals surface area contributed by atoms with Crippen LogP contribution in [-0.4, -0.2) is 48.1 Å². The maximum atomic E-state index is 13.1. The Morgan fingerprint density at radius 1 is 1.04 bits per heavy atom. The van der Waals surface area contributed by atoms with Crippen molar-refractivity contribution in [1.82, 2.24) is 4.72 Å². The highest BCUT2D eigenvalue weighted by atomic mass is 32.2. The molecule has 0 unspecified atom stereocenters. The Labute approximate surface area is 163 Å². The van der Waals surface area contributed by atoms with E-state index in [1.807, 2.05) is 18.2 Å². The Kier molecular flexibility index (Phi) is 5.49. The molecule has 0 aromatic heterocycles. The van der Waals surface area contributed by atoms with Crippen molar-refractivity contribution in [2.75, 3.05) is 39.6 Å². The molecule has 150 valence electrons. The van der Waals surface area contributed by atoms with E-state index < -0.39 is 15.8 Å². The van der Waals surface area contributed by atoms with Gasteiger partial charge < -0.3 is 19.1 Å². The molecule has 2 aromatic carbocycles. The number of rotatable bonds is 6. The van der Waals surface area contributed by atoms with Crippen molar-refractivity contribution in [1.29, 1.82) is 0 Å². The molecule has 7 nitrogen and oxygen atoms in total. The van der Waals surface area contributed by atoms with E-state index in [0.29, 0.717) is 24.7 Å². The first-order valence-electron chi connectivity index (χ1n) is 9.10. The van der Waals surface area contributed by atoms with Gasteiger partial charge in [-0.05, 0) is 42.5 Å². The zero-order chi connectivity index (χ0) is 19.6. The summed E-state index contributed by atoms with van der Waals surface area (Å²) < 4.78 is 57.3. The lowest BCUT2D eigenvalue weighted by Gasteiger charge is -2.32. The van der Waals surface area contributed by atoms with Gasteiger partial charge in [0, 0.05) is 5.56 Å². The van der Waals surface area contributed by atoms with Crippen molar-refractivity contribution in [3.63, 3.8) is 0 Å². The smallest absolute Gasteiger partial charge is 0.240 e. The molecule has 1 saturated heterocycles. The summed E-state index contributed by atoms with van der Waals surface area (Å²) in [4.78, 5) is 1.27. The van der Waals surface area contributed by atoms with Crippen LogP contribution in [0.3, 0.4) is 0 Å². The highest BCUT2D eigenvalue weighted by Crippen LogP contribution is 2.33. The largest absolute Gasteiger partial charge is 0.454 e. The van der Waals surface area contributed by atoms with E-state index in [9.17, 15) is 12.8 Å². The van der Waals surface area contributed by atoms with E-state index in [0.717, 1.165) is 30.8 Å². The molecule has 1 atom stereocenters. The van der Waals surface area contributed by atoms with E-state index in [1.165, 1.54) is 17.0 Å². The number of benzene rings is 2. The van der Waals surface area contributed by atoms with Crippen LogP contribution in [0.5, 0.6) is 11.5 Å². The molecule has 0 saturated carbocycles. The first-order chi connectivity index (χ1) is 13.5. The molecule has 2 aliphatic rings. The Balaban J connectivity index is 1.56. The molecule has 0 spiro atoms. The Hall–Kier alpha value is -2.20. The summed E-state index contributed by atoms with van der Waals surface area (Å²) >= 11 is 0. The second-order valence-electron chi connectivity index (χ2n) is 6.74. The molecule has 2 aliphatic heterocycles. The summed E-state index contributed by atoms with van der Waals surface area (Å²) in [7, 11) is -3.75. The van der Waals surface area contributed by atoms with Crippen molar-refractivity contribution in [3.8, 4) is 11.5 Å². The van der Waals surface area contributed by atoms with E-state index >= 15 is 0 Å². The number of halogens is 1. The monoisotopic (exact) mass is 409 g/mol. The lowest BCUT2D eigenvalue weighted by Crippen LogP contribution is -3.15. The number of quaternary nitrogens is 1. The van der Waals surface area contributed by atoms with Crippen LogP contribution in [-0.2, 0) is 14.8 Å². The van der Waals surface area contributed by atoms with Crippen molar-refractivity contribution < 1.29 is 31.9 Å². The minimum absolute atomic E-state index is 0.0373. The predicted molar refractivity (Wildman–Crippen MR) is 98.4 cm³/mol. The predicted octanol–water partition coefficient (Wildman–Crippen LogP) is 0.489. The zero-order valence-electron chi connectivity index (χ0n) is 15.2. The summed E-state index contributed by atoms with van der Waals surface area (Å²) in [6, 6.07) is 10.4. The van der Waals surface area contributed by atoms with Gasteiger partial charge >= 0.3 is 0 Å². The van der Waals surface area contributed by atoms with E-state index in [4.69, 9.17) is 14.2 Å². The second kappa shape index (κ2) is 8.04. The van der Waals surface area contributed by atoms with Crippen LogP contribution in [0.15, 0.2) is 47.4 Å². The zero-order valence-corrected chi connectivity index (χ0v) is 16.0. The fourth-order valence-electron chi connectivity index (χ4n) is 3.50. The number of hydrogen-bond donors (Lipinski definition) is 2. The molecule has 0 aliphatic carbocycles. The van der Waals surface area contributed by atoms with Crippen LogP contribution < -0.4 is 19.1 Å². The quantitative estimate of drug-likeness (QED) is 0.726. The minimum atomic E-state index is -3.75. The number of sulfonamides is 1. The van der Waals surface area contributed by atoms with Gasteiger partial charge in [0.1, 0.15) is 24.9 Å². The van der Waals surface area contributed by atoms with Gasteiger partial charge in [0.05, 0.1) is 24.7 Å². The SMILES string of the molecule is O=S(=O)(NC[C@@H](c1ccc2c(c1)OCO2)[NH+]1CCOCC1)c1ccc(F)cc1. The molecule has 0 amide bonds. The van der Waals surface area contributed by atoms with Crippen LogP contribution in [0.2, 0.25) is 0 Å². The van der Waals surface area contributed by atoms with Crippen LogP contribution in [0.25, 0.3) is 0 Å². The van der Waals surface area contributed by atoms with Gasteiger partial charge in [-0.15, -0.1) is 0 Å². The van der Waals surface area contributed by atoms with Crippen molar-refractivity contribution in [2.45, 2.75) is 10.9 Å². The van der Waals surface area contributed by atoms with Gasteiger partial charge in [-0.3, -0.25) is 0 Å². The Morgan fingerprint density at radius 3 is 2.50 bits per heavy atom. The van der Waals surface area contributed by atoms with Crippen LogP contribution >= 0.6 is 0 Å². The average molecular weight is 409 g/mol. The number of morpholine rings is 1. The van der Waals surface area contributed by atoms with Gasteiger partial charge in [-0.25, -0.2) is 17.5 Å². The van der Waals surface area contributed by atoms with Gasteiger partial charge in [0.25, 0.3) is 0 Å². The lowest BCUT2D eigenvalue weighted by atomic mass is 10.0. The van der Waals surface area contributed by atoms with Crippen LogP contribution in [0, 0.1) is 5.82 Å². The lowest BCUT2D eigenvalue weighted by molar-refractivity contribution is -0.937. The third-order valence-corrected chi connectivity index (χ3v) is 6.47. The van der Waals surface area contributed by atoms with Gasteiger partial charge in [0.2, 0.25) is 16.8 Å². The Morgan fingerprint density at radius 2 is 1.75 bits per heavy atom. The molecule has 9 heteroatoms. The van der Waals surface area contributed by atoms with E-state index in [1.54, 1.807) is 0 Å². The molecule has 28 heavy (non-hydrogen) atoms. The standard InChI is InChI=1S/C19H21FN2O5S/c20-15-2-4-16(5-3-15)28(23,24)21-12-17(22-7-9-25-10-8-22)14-1-6-18-19(11-14)27-13-26-18/h1-6,11,17,21H,7-10,12-13H2/p+1/t17-/m0/s1. The highest BCUT2D eigenvalue weighted by Gasteiger charge is 2.30. The minimum Gasteiger partial charge on any atom is -0.454 e. The molecule has 2 N–H and O–H groups in total. The molecule has 0 bridgehead atoms. The number of nitrogens with one attached hydrogen (secondary N) is 2. The van der Waals surface area contributed by atoms with Crippen molar-refractivity contribution in [3.05, 3.63) is 53.8 Å². The summed E-state index contributed by atoms with van der Waals surface area (Å²) in [5.41, 5.74) is 0.961. The summed E-state index contributed by atoms with van der Waals surface area (Å²) in [5.74, 6) is 0.873. The maximum absolute atomic E-state index is 13.1. The summed E-state index contributed by atoms with van der Waals surface area (Å²) in [5, 5.41) is 0. The number of hydrogen-bond acceptors (Lipinski definition) is 5. The molecule has 2 heterocycles. The molecule has 0 radical (unpaired) electrons. The normalized spacial score (nSPS) is 18.2. The van der Waals surface area contributed by atoms with Crippen LogP contribution in [0.4, 0.5) is 4.39 Å². The molecular weight excluding hydrogens is 387 g/mol. The fourth-order valence-corrected chi connectivity index (χ4v) is 4.55. The third kappa shape index (κ3) is 4.12. The van der Waals surface area contributed by atoms with E-state index in [-0.39, 0.29) is 24.3 Å². The highest BCUT2D eigenvalue weighted by molar-refractivity contribution is 7.89. The van der Waals surface area contributed by atoms with E-state index in [2.05, 4.69) is 4.72 Å². The van der Waals surface area contributed by atoms with Gasteiger partial charge in [-0.2, -0.15) is 0 Å². The van der Waals surface area contributed by atoms with Gasteiger partial charge in [0.15, 0.2) is 11.5 Å². The fraction of sp³-hybridized carbons (Fsp3) is 0.368. The summed E-state index contributed by atoms with van der Waals surface area (Å²) in [6.07, 6.45) is 0. The maximum Gasteiger partial charge on any atom is 0.240 e. The molecule has 2 aromatic rings.